The molecule has 0 aromatic carbocycles. The zero-order valence-corrected chi connectivity index (χ0v) is 11.6. The minimum absolute atomic E-state index is 0.0578. The fraction of sp³-hybridized carbons (Fsp3) is 0.800. The molecule has 3 atom stereocenters. The summed E-state index contributed by atoms with van der Waals surface area (Å²) in [5, 5.41) is 2.67. The van der Waals surface area contributed by atoms with Crippen LogP contribution in [0.1, 0.15) is 26.7 Å². The number of nitrogens with one attached hydrogen (secondary N) is 1. The van der Waals surface area contributed by atoms with Crippen molar-refractivity contribution < 1.29 is 9.00 Å². The van der Waals surface area contributed by atoms with Crippen LogP contribution in [-0.2, 0) is 15.6 Å². The van der Waals surface area contributed by atoms with E-state index in [0.717, 1.165) is 6.42 Å². The first-order chi connectivity index (χ1) is 7.40. The number of amides is 1. The maximum Gasteiger partial charge on any atom is 0.229 e. The summed E-state index contributed by atoms with van der Waals surface area (Å²) >= 11 is 4.85. The van der Waals surface area contributed by atoms with Gasteiger partial charge in [0.05, 0.1) is 10.9 Å². The molecule has 4 nitrogen and oxygen atoms in total. The van der Waals surface area contributed by atoms with E-state index in [2.05, 4.69) is 5.32 Å². The predicted molar refractivity (Wildman–Crippen MR) is 71.7 cm³/mol. The number of rotatable bonds is 7. The highest BCUT2D eigenvalue weighted by atomic mass is 32.2. The van der Waals surface area contributed by atoms with Crippen LogP contribution in [0, 0.1) is 5.92 Å². The van der Waals surface area contributed by atoms with Crippen LogP contribution in [-0.4, -0.2) is 33.2 Å². The number of carbonyl (C=O) groups excluding carboxylic acids is 1. The molecule has 0 aromatic heterocycles. The monoisotopic (exact) mass is 264 g/mol. The van der Waals surface area contributed by atoms with Crippen LogP contribution in [0.4, 0.5) is 0 Å². The Morgan fingerprint density at radius 1 is 1.56 bits per heavy atom. The summed E-state index contributed by atoms with van der Waals surface area (Å²) in [6.07, 6.45) is 3.13. The van der Waals surface area contributed by atoms with Gasteiger partial charge < -0.3 is 11.1 Å². The Bertz CT molecular complexity index is 282. The molecule has 3 N–H and O–H groups in total. The van der Waals surface area contributed by atoms with E-state index in [9.17, 15) is 9.00 Å². The summed E-state index contributed by atoms with van der Waals surface area (Å²) in [5.74, 6) is -0.566. The molecule has 0 bridgehead atoms. The Labute approximate surface area is 105 Å². The lowest BCUT2D eigenvalue weighted by Crippen LogP contribution is -2.41. The molecule has 0 rings (SSSR count). The molecule has 0 aliphatic rings. The Hall–Kier alpha value is -0.490. The summed E-state index contributed by atoms with van der Waals surface area (Å²) in [6, 6.07) is 0. The first-order valence-electron chi connectivity index (χ1n) is 5.29. The molecule has 0 radical (unpaired) electrons. The van der Waals surface area contributed by atoms with Crippen molar-refractivity contribution in [1.82, 2.24) is 5.32 Å². The molecular formula is C10H20N2O2S2. The van der Waals surface area contributed by atoms with Crippen LogP contribution in [0.15, 0.2) is 0 Å². The van der Waals surface area contributed by atoms with Crippen LogP contribution < -0.4 is 11.1 Å². The molecule has 0 spiro atoms. The molecule has 0 aliphatic heterocycles. The zero-order valence-electron chi connectivity index (χ0n) is 9.99. The molecule has 16 heavy (non-hydrogen) atoms. The van der Waals surface area contributed by atoms with Gasteiger partial charge in [-0.05, 0) is 13.3 Å². The quantitative estimate of drug-likeness (QED) is 0.660. The second-order valence-electron chi connectivity index (χ2n) is 3.80. The third-order valence-corrected chi connectivity index (χ3v) is 3.95. The number of carbonyl (C=O) groups is 1. The molecule has 94 valence electrons. The standard InChI is InChI=1S/C10H20N2O2S2/c1-4-5-8(9(11)15)10(13)12-6-7(2)16(3)14/h7-8H,4-6H2,1-3H3,(H2,11,15)(H,12,13). The summed E-state index contributed by atoms with van der Waals surface area (Å²) in [4.78, 5) is 12.0. The van der Waals surface area contributed by atoms with E-state index in [0.29, 0.717) is 13.0 Å². The van der Waals surface area contributed by atoms with Crippen LogP contribution in [0.2, 0.25) is 0 Å². The van der Waals surface area contributed by atoms with Crippen molar-refractivity contribution in [2.24, 2.45) is 11.7 Å². The van der Waals surface area contributed by atoms with E-state index in [1.165, 1.54) is 0 Å². The van der Waals surface area contributed by atoms with E-state index in [4.69, 9.17) is 18.0 Å². The fourth-order valence-electron chi connectivity index (χ4n) is 1.18. The largest absolute Gasteiger partial charge is 0.393 e. The number of nitrogens with two attached hydrogens (primary N) is 1. The lowest BCUT2D eigenvalue weighted by molar-refractivity contribution is -0.123. The van der Waals surface area contributed by atoms with Gasteiger partial charge >= 0.3 is 0 Å². The SMILES string of the molecule is CCCC(C(=O)NCC(C)S(C)=O)C(N)=S. The van der Waals surface area contributed by atoms with Gasteiger partial charge in [0.25, 0.3) is 0 Å². The zero-order chi connectivity index (χ0) is 12.7. The topological polar surface area (TPSA) is 72.2 Å². The van der Waals surface area contributed by atoms with Crippen molar-refractivity contribution in [3.05, 3.63) is 0 Å². The minimum atomic E-state index is -0.933. The average molecular weight is 264 g/mol. The van der Waals surface area contributed by atoms with Crippen molar-refractivity contribution in [1.29, 1.82) is 0 Å². The van der Waals surface area contributed by atoms with Gasteiger partial charge in [0, 0.05) is 28.9 Å². The fourth-order valence-corrected chi connectivity index (χ4v) is 1.72. The highest BCUT2D eigenvalue weighted by Crippen LogP contribution is 2.07. The Morgan fingerprint density at radius 2 is 2.12 bits per heavy atom. The maximum absolute atomic E-state index is 11.7. The van der Waals surface area contributed by atoms with Crippen LogP contribution in [0.25, 0.3) is 0 Å². The van der Waals surface area contributed by atoms with Gasteiger partial charge in [-0.25, -0.2) is 0 Å². The summed E-state index contributed by atoms with van der Waals surface area (Å²) in [5.41, 5.74) is 5.50. The first-order valence-corrected chi connectivity index (χ1v) is 7.32. The normalized spacial score (nSPS) is 16.2. The number of hydrogen-bond donors (Lipinski definition) is 2. The molecule has 0 heterocycles. The first kappa shape index (κ1) is 15.5. The highest BCUT2D eigenvalue weighted by molar-refractivity contribution is 7.84. The molecule has 0 aromatic rings. The second-order valence-corrected chi connectivity index (χ2v) is 6.07. The van der Waals surface area contributed by atoms with Crippen LogP contribution >= 0.6 is 12.2 Å². The van der Waals surface area contributed by atoms with E-state index < -0.39 is 16.7 Å². The van der Waals surface area contributed by atoms with E-state index in [-0.39, 0.29) is 16.1 Å². The second kappa shape index (κ2) is 7.73. The summed E-state index contributed by atoms with van der Waals surface area (Å²) in [6.45, 7) is 4.19. The maximum atomic E-state index is 11.7. The molecule has 0 saturated carbocycles. The van der Waals surface area contributed by atoms with Gasteiger partial charge in [-0.2, -0.15) is 0 Å². The van der Waals surface area contributed by atoms with Gasteiger partial charge in [-0.3, -0.25) is 9.00 Å². The van der Waals surface area contributed by atoms with E-state index >= 15 is 0 Å². The lowest BCUT2D eigenvalue weighted by Gasteiger charge is -2.16. The van der Waals surface area contributed by atoms with Crippen molar-refractivity contribution in [3.8, 4) is 0 Å². The van der Waals surface area contributed by atoms with Crippen molar-refractivity contribution in [2.45, 2.75) is 31.9 Å². The lowest BCUT2D eigenvalue weighted by atomic mass is 10.0. The Morgan fingerprint density at radius 3 is 2.50 bits per heavy atom. The van der Waals surface area contributed by atoms with Gasteiger partial charge in [0.15, 0.2) is 0 Å². The predicted octanol–water partition coefficient (Wildman–Crippen LogP) is 0.572. The van der Waals surface area contributed by atoms with Crippen LogP contribution in [0.3, 0.4) is 0 Å². The van der Waals surface area contributed by atoms with Crippen molar-refractivity contribution in [3.63, 3.8) is 0 Å². The minimum Gasteiger partial charge on any atom is -0.393 e. The molecule has 0 saturated heterocycles. The van der Waals surface area contributed by atoms with Crippen molar-refractivity contribution >= 4 is 33.9 Å². The summed E-state index contributed by atoms with van der Waals surface area (Å²) in [7, 11) is -0.933. The third kappa shape index (κ3) is 5.55. The number of hydrogen-bond acceptors (Lipinski definition) is 3. The van der Waals surface area contributed by atoms with Crippen LogP contribution in [0.5, 0.6) is 0 Å². The molecule has 6 heteroatoms. The summed E-state index contributed by atoms with van der Waals surface area (Å²) < 4.78 is 11.1. The van der Waals surface area contributed by atoms with Gasteiger partial charge in [0.2, 0.25) is 5.91 Å². The number of thiocarbonyl (C=S) groups is 1. The smallest absolute Gasteiger partial charge is 0.229 e. The van der Waals surface area contributed by atoms with E-state index in [1.54, 1.807) is 6.26 Å². The average Bonchev–Trinajstić information content (AvgIpc) is 2.21. The van der Waals surface area contributed by atoms with Gasteiger partial charge in [-0.1, -0.05) is 25.6 Å². The Kier molecular flexibility index (Phi) is 7.49. The molecule has 0 fully saturated rings. The molecule has 1 amide bonds. The van der Waals surface area contributed by atoms with Gasteiger partial charge in [0.1, 0.15) is 0 Å². The third-order valence-electron chi connectivity index (χ3n) is 2.37. The van der Waals surface area contributed by atoms with Gasteiger partial charge in [-0.15, -0.1) is 0 Å². The Balaban J connectivity index is 4.21. The van der Waals surface area contributed by atoms with E-state index in [1.807, 2.05) is 13.8 Å². The molecule has 0 aliphatic carbocycles. The highest BCUT2D eigenvalue weighted by Gasteiger charge is 2.20. The molecular weight excluding hydrogens is 244 g/mol. The van der Waals surface area contributed by atoms with Crippen molar-refractivity contribution in [2.75, 3.05) is 12.8 Å². The molecule has 3 unspecified atom stereocenters.